The largest absolute Gasteiger partial charge is 0.387 e. The molecule has 0 aliphatic heterocycles. The van der Waals surface area contributed by atoms with Crippen molar-refractivity contribution in [2.75, 3.05) is 0 Å². The minimum Gasteiger partial charge on any atom is -0.387 e. The summed E-state index contributed by atoms with van der Waals surface area (Å²) in [7, 11) is 0. The van der Waals surface area contributed by atoms with Crippen LogP contribution >= 0.6 is 15.9 Å². The molecule has 0 amide bonds. The molecule has 0 radical (unpaired) electrons. The number of rotatable bonds is 3. The molecule has 74 valence electrons. The average molecular weight is 255 g/mol. The van der Waals surface area contributed by atoms with Gasteiger partial charge in [0, 0.05) is 18.5 Å². The Morgan fingerprint density at radius 1 is 1.64 bits per heavy atom. The maximum absolute atomic E-state index is 7.22. The lowest BCUT2D eigenvalue weighted by molar-refractivity contribution is 0.887. The van der Waals surface area contributed by atoms with Crippen molar-refractivity contribution in [2.24, 2.45) is 5.73 Å². The fraction of sp³-hybridized carbons (Fsp3) is 0.444. The van der Waals surface area contributed by atoms with Crippen LogP contribution in [0.3, 0.4) is 0 Å². The van der Waals surface area contributed by atoms with E-state index in [-0.39, 0.29) is 5.84 Å². The van der Waals surface area contributed by atoms with Gasteiger partial charge < -0.3 is 5.73 Å². The maximum atomic E-state index is 7.22. The maximum Gasteiger partial charge on any atom is 0.131 e. The summed E-state index contributed by atoms with van der Waals surface area (Å²) in [5.74, 6) is 1.56. The summed E-state index contributed by atoms with van der Waals surface area (Å²) < 4.78 is 0.831. The van der Waals surface area contributed by atoms with Crippen molar-refractivity contribution in [2.45, 2.75) is 25.2 Å². The quantitative estimate of drug-likeness (QED) is 0.636. The highest BCUT2D eigenvalue weighted by molar-refractivity contribution is 9.10. The summed E-state index contributed by atoms with van der Waals surface area (Å²) >= 11 is 3.35. The molecule has 1 saturated carbocycles. The van der Waals surface area contributed by atoms with Crippen LogP contribution in [0.2, 0.25) is 0 Å². The molecule has 1 aliphatic carbocycles. The number of hydrogen-bond donors (Lipinski definition) is 2. The van der Waals surface area contributed by atoms with Crippen LogP contribution in [0.15, 0.2) is 10.7 Å². The van der Waals surface area contributed by atoms with E-state index in [9.17, 15) is 0 Å². The lowest BCUT2D eigenvalue weighted by Gasteiger charge is -2.04. The molecule has 1 aromatic heterocycles. The van der Waals surface area contributed by atoms with Gasteiger partial charge in [0.05, 0.1) is 16.0 Å². The van der Waals surface area contributed by atoms with Crippen LogP contribution in [0, 0.1) is 5.41 Å². The summed E-state index contributed by atoms with van der Waals surface area (Å²) in [6.07, 6.45) is 4.50. The van der Waals surface area contributed by atoms with E-state index < -0.39 is 0 Å². The lowest BCUT2D eigenvalue weighted by Crippen LogP contribution is -2.15. The topological polar surface area (TPSA) is 75.7 Å². The number of hydrogen-bond acceptors (Lipinski definition) is 3. The number of aromatic nitrogens is 2. The Kier molecular flexibility index (Phi) is 2.50. The monoisotopic (exact) mass is 254 g/mol. The van der Waals surface area contributed by atoms with E-state index in [1.165, 1.54) is 12.8 Å². The second kappa shape index (κ2) is 3.65. The molecule has 2 rings (SSSR count). The van der Waals surface area contributed by atoms with E-state index in [2.05, 4.69) is 25.9 Å². The molecular weight excluding hydrogens is 244 g/mol. The van der Waals surface area contributed by atoms with Gasteiger partial charge in [0.1, 0.15) is 5.82 Å². The van der Waals surface area contributed by atoms with Gasteiger partial charge in [-0.2, -0.15) is 0 Å². The molecule has 1 aliphatic rings. The zero-order valence-corrected chi connectivity index (χ0v) is 9.21. The Hall–Kier alpha value is -0.970. The normalized spacial score (nSPS) is 15.5. The van der Waals surface area contributed by atoms with Gasteiger partial charge in [-0.05, 0) is 28.8 Å². The van der Waals surface area contributed by atoms with Gasteiger partial charge in [-0.15, -0.1) is 0 Å². The van der Waals surface area contributed by atoms with Gasteiger partial charge in [-0.25, -0.2) is 9.97 Å². The fourth-order valence-electron chi connectivity index (χ4n) is 1.26. The number of halogens is 1. The molecule has 5 heteroatoms. The predicted molar refractivity (Wildman–Crippen MR) is 57.3 cm³/mol. The minimum atomic E-state index is 0.131. The van der Waals surface area contributed by atoms with Crippen LogP contribution < -0.4 is 5.73 Å². The SMILES string of the molecule is N=C(N)Cc1nc(C2CC2)ncc1Br. The molecule has 0 aromatic carbocycles. The molecule has 0 unspecified atom stereocenters. The highest BCUT2D eigenvalue weighted by atomic mass is 79.9. The van der Waals surface area contributed by atoms with Gasteiger partial charge in [-0.3, -0.25) is 5.41 Å². The number of amidine groups is 1. The van der Waals surface area contributed by atoms with Gasteiger partial charge in [-0.1, -0.05) is 0 Å². The summed E-state index contributed by atoms with van der Waals surface area (Å²) in [5.41, 5.74) is 6.15. The zero-order valence-electron chi connectivity index (χ0n) is 7.63. The third kappa shape index (κ3) is 2.09. The fourth-order valence-corrected chi connectivity index (χ4v) is 1.59. The number of nitrogens with two attached hydrogens (primary N) is 1. The third-order valence-electron chi connectivity index (χ3n) is 2.14. The Bertz CT molecular complexity index is 373. The van der Waals surface area contributed by atoms with Crippen LogP contribution in [-0.2, 0) is 6.42 Å². The van der Waals surface area contributed by atoms with Crippen LogP contribution in [0.1, 0.15) is 30.3 Å². The highest BCUT2D eigenvalue weighted by Gasteiger charge is 2.26. The molecular formula is C9H11BrN4. The summed E-state index contributed by atoms with van der Waals surface area (Å²) in [6, 6.07) is 0. The van der Waals surface area contributed by atoms with E-state index in [1.807, 2.05) is 0 Å². The first-order valence-corrected chi connectivity index (χ1v) is 5.30. The van der Waals surface area contributed by atoms with E-state index in [0.717, 1.165) is 16.0 Å². The van der Waals surface area contributed by atoms with Crippen molar-refractivity contribution < 1.29 is 0 Å². The first-order chi connectivity index (χ1) is 6.66. The van der Waals surface area contributed by atoms with Crippen LogP contribution in [0.25, 0.3) is 0 Å². The van der Waals surface area contributed by atoms with Crippen LogP contribution in [0.4, 0.5) is 0 Å². The Morgan fingerprint density at radius 2 is 2.36 bits per heavy atom. The summed E-state index contributed by atoms with van der Waals surface area (Å²) in [4.78, 5) is 8.63. The second-order valence-corrected chi connectivity index (χ2v) is 4.35. The Labute approximate surface area is 90.6 Å². The molecule has 0 spiro atoms. The molecule has 0 bridgehead atoms. The molecule has 4 nitrogen and oxygen atoms in total. The van der Waals surface area contributed by atoms with E-state index in [1.54, 1.807) is 6.20 Å². The average Bonchev–Trinajstić information content (AvgIpc) is 2.91. The first-order valence-electron chi connectivity index (χ1n) is 4.51. The van der Waals surface area contributed by atoms with Crippen molar-refractivity contribution in [1.29, 1.82) is 5.41 Å². The standard InChI is InChI=1S/C9H11BrN4/c10-6-4-13-9(5-1-2-5)14-7(6)3-8(11)12/h4-5H,1-3H2,(H3,11,12). The summed E-state index contributed by atoms with van der Waals surface area (Å²) in [6.45, 7) is 0. The molecule has 1 heterocycles. The van der Waals surface area contributed by atoms with Crippen molar-refractivity contribution in [3.8, 4) is 0 Å². The smallest absolute Gasteiger partial charge is 0.131 e. The van der Waals surface area contributed by atoms with Gasteiger partial charge in [0.2, 0.25) is 0 Å². The summed E-state index contributed by atoms with van der Waals surface area (Å²) in [5, 5.41) is 7.22. The van der Waals surface area contributed by atoms with Gasteiger partial charge >= 0.3 is 0 Å². The molecule has 1 fully saturated rings. The number of nitrogens with zero attached hydrogens (tertiary/aromatic N) is 2. The molecule has 3 N–H and O–H groups in total. The zero-order chi connectivity index (χ0) is 10.1. The van der Waals surface area contributed by atoms with E-state index >= 15 is 0 Å². The van der Waals surface area contributed by atoms with Gasteiger partial charge in [0.15, 0.2) is 0 Å². The van der Waals surface area contributed by atoms with Crippen LogP contribution in [0.5, 0.6) is 0 Å². The van der Waals surface area contributed by atoms with Crippen molar-refractivity contribution in [3.05, 3.63) is 22.2 Å². The molecule has 0 atom stereocenters. The first kappa shape index (κ1) is 9.58. The highest BCUT2D eigenvalue weighted by Crippen LogP contribution is 2.38. The lowest BCUT2D eigenvalue weighted by atomic mass is 10.2. The molecule has 14 heavy (non-hydrogen) atoms. The van der Waals surface area contributed by atoms with Crippen LogP contribution in [-0.4, -0.2) is 15.8 Å². The third-order valence-corrected chi connectivity index (χ3v) is 2.80. The second-order valence-electron chi connectivity index (χ2n) is 3.50. The molecule has 0 saturated heterocycles. The molecule has 1 aromatic rings. The minimum absolute atomic E-state index is 0.131. The van der Waals surface area contributed by atoms with Crippen molar-refractivity contribution in [1.82, 2.24) is 9.97 Å². The van der Waals surface area contributed by atoms with Crippen molar-refractivity contribution in [3.63, 3.8) is 0 Å². The van der Waals surface area contributed by atoms with Gasteiger partial charge in [0.25, 0.3) is 0 Å². The Balaban J connectivity index is 2.26. The predicted octanol–water partition coefficient (Wildman–Crippen LogP) is 1.59. The van der Waals surface area contributed by atoms with E-state index in [4.69, 9.17) is 11.1 Å². The van der Waals surface area contributed by atoms with Crippen molar-refractivity contribution >= 4 is 21.8 Å². The Morgan fingerprint density at radius 3 is 2.93 bits per heavy atom. The number of nitrogens with one attached hydrogen (secondary N) is 1. The van der Waals surface area contributed by atoms with E-state index in [0.29, 0.717) is 12.3 Å².